The van der Waals surface area contributed by atoms with E-state index < -0.39 is 0 Å². The Morgan fingerprint density at radius 3 is 2.54 bits per heavy atom. The molecule has 0 saturated carbocycles. The van der Waals surface area contributed by atoms with E-state index in [4.69, 9.17) is 4.74 Å². The van der Waals surface area contributed by atoms with Gasteiger partial charge in [0.2, 0.25) is 5.91 Å². The van der Waals surface area contributed by atoms with Crippen molar-refractivity contribution in [1.29, 1.82) is 0 Å². The Hall–Kier alpha value is -2.36. The molecular formula is C22H26FNO2. The normalized spacial score (nSPS) is 17.6. The van der Waals surface area contributed by atoms with Gasteiger partial charge in [0.1, 0.15) is 11.6 Å². The fourth-order valence-electron chi connectivity index (χ4n) is 3.58. The van der Waals surface area contributed by atoms with Crippen LogP contribution in [0.15, 0.2) is 48.5 Å². The molecule has 1 aliphatic rings. The van der Waals surface area contributed by atoms with Gasteiger partial charge in [-0.15, -0.1) is 0 Å². The monoisotopic (exact) mass is 355 g/mol. The van der Waals surface area contributed by atoms with Crippen LogP contribution in [0.4, 0.5) is 4.39 Å². The van der Waals surface area contributed by atoms with Gasteiger partial charge in [-0.3, -0.25) is 4.79 Å². The number of methoxy groups -OCH3 is 1. The lowest BCUT2D eigenvalue weighted by Gasteiger charge is -2.25. The molecule has 1 amide bonds. The summed E-state index contributed by atoms with van der Waals surface area (Å²) in [5.41, 5.74) is 2.27. The van der Waals surface area contributed by atoms with Crippen LogP contribution in [-0.2, 0) is 11.2 Å². The Morgan fingerprint density at radius 2 is 1.85 bits per heavy atom. The van der Waals surface area contributed by atoms with Crippen LogP contribution >= 0.6 is 0 Å². The molecule has 0 spiro atoms. The number of amides is 1. The van der Waals surface area contributed by atoms with Crippen molar-refractivity contribution in [1.82, 2.24) is 4.90 Å². The summed E-state index contributed by atoms with van der Waals surface area (Å²) in [6.45, 7) is 1.55. The highest BCUT2D eigenvalue weighted by Gasteiger charge is 2.23. The first-order valence-electron chi connectivity index (χ1n) is 9.32. The van der Waals surface area contributed by atoms with Crippen LogP contribution in [0.2, 0.25) is 0 Å². The quantitative estimate of drug-likeness (QED) is 0.787. The van der Waals surface area contributed by atoms with Crippen molar-refractivity contribution < 1.29 is 13.9 Å². The molecule has 1 aliphatic heterocycles. The molecular weight excluding hydrogens is 329 g/mol. The van der Waals surface area contributed by atoms with Gasteiger partial charge in [0, 0.05) is 25.4 Å². The van der Waals surface area contributed by atoms with E-state index in [9.17, 15) is 9.18 Å². The SMILES string of the molecule is COc1ccc(CCC(=O)N2CCCCC(c3ccc(F)cc3)C2)cc1. The second-order valence-corrected chi connectivity index (χ2v) is 6.93. The maximum atomic E-state index is 13.2. The Bertz CT molecular complexity index is 712. The maximum Gasteiger partial charge on any atom is 0.222 e. The molecule has 0 aromatic heterocycles. The van der Waals surface area contributed by atoms with Crippen LogP contribution in [0.25, 0.3) is 0 Å². The van der Waals surface area contributed by atoms with Crippen molar-refractivity contribution in [2.45, 2.75) is 38.0 Å². The van der Waals surface area contributed by atoms with Crippen molar-refractivity contribution >= 4 is 5.91 Å². The molecule has 2 aromatic carbocycles. The third-order valence-electron chi connectivity index (χ3n) is 5.15. The zero-order chi connectivity index (χ0) is 18.4. The minimum atomic E-state index is -0.213. The third-order valence-corrected chi connectivity index (χ3v) is 5.15. The summed E-state index contributed by atoms with van der Waals surface area (Å²) >= 11 is 0. The summed E-state index contributed by atoms with van der Waals surface area (Å²) in [4.78, 5) is 14.7. The summed E-state index contributed by atoms with van der Waals surface area (Å²) in [6.07, 6.45) is 4.44. The van der Waals surface area contributed by atoms with Gasteiger partial charge in [-0.2, -0.15) is 0 Å². The highest BCUT2D eigenvalue weighted by atomic mass is 19.1. The Morgan fingerprint density at radius 1 is 1.12 bits per heavy atom. The first kappa shape index (κ1) is 18.4. The van der Waals surface area contributed by atoms with Gasteiger partial charge < -0.3 is 9.64 Å². The average Bonchev–Trinajstić information content (AvgIpc) is 2.93. The number of carbonyl (C=O) groups is 1. The van der Waals surface area contributed by atoms with Gasteiger partial charge >= 0.3 is 0 Å². The van der Waals surface area contributed by atoms with Gasteiger partial charge in [0.05, 0.1) is 7.11 Å². The smallest absolute Gasteiger partial charge is 0.222 e. The fraction of sp³-hybridized carbons (Fsp3) is 0.409. The van der Waals surface area contributed by atoms with Gasteiger partial charge in [-0.1, -0.05) is 30.7 Å². The van der Waals surface area contributed by atoms with Crippen molar-refractivity contribution in [2.75, 3.05) is 20.2 Å². The van der Waals surface area contributed by atoms with E-state index in [1.54, 1.807) is 7.11 Å². The summed E-state index contributed by atoms with van der Waals surface area (Å²) in [5.74, 6) is 1.11. The van der Waals surface area contributed by atoms with Crippen LogP contribution < -0.4 is 4.74 Å². The summed E-state index contributed by atoms with van der Waals surface area (Å²) in [7, 11) is 1.65. The summed E-state index contributed by atoms with van der Waals surface area (Å²) in [5, 5.41) is 0. The number of carbonyl (C=O) groups excluding carboxylic acids is 1. The van der Waals surface area contributed by atoms with E-state index in [2.05, 4.69) is 0 Å². The number of ether oxygens (including phenoxy) is 1. The molecule has 1 unspecified atom stereocenters. The minimum absolute atomic E-state index is 0.204. The molecule has 138 valence electrons. The van der Waals surface area contributed by atoms with Crippen molar-refractivity contribution in [3.8, 4) is 5.75 Å². The number of benzene rings is 2. The molecule has 1 heterocycles. The largest absolute Gasteiger partial charge is 0.497 e. The van der Waals surface area contributed by atoms with Gasteiger partial charge in [0.25, 0.3) is 0 Å². The molecule has 26 heavy (non-hydrogen) atoms. The lowest BCUT2D eigenvalue weighted by Crippen LogP contribution is -2.34. The maximum absolute atomic E-state index is 13.2. The lowest BCUT2D eigenvalue weighted by molar-refractivity contribution is -0.131. The highest BCUT2D eigenvalue weighted by Crippen LogP contribution is 2.27. The summed E-state index contributed by atoms with van der Waals surface area (Å²) in [6, 6.07) is 14.6. The lowest BCUT2D eigenvalue weighted by atomic mass is 9.94. The van der Waals surface area contributed by atoms with Crippen LogP contribution in [0.1, 0.15) is 42.7 Å². The molecule has 3 rings (SSSR count). The molecule has 3 nitrogen and oxygen atoms in total. The van der Waals surface area contributed by atoms with Gasteiger partial charge in [-0.25, -0.2) is 4.39 Å². The van der Waals surface area contributed by atoms with Crippen LogP contribution in [0.3, 0.4) is 0 Å². The standard InChI is InChI=1S/C22H26FNO2/c1-26-21-12-5-17(6-13-21)7-14-22(25)24-15-3-2-4-19(16-24)18-8-10-20(23)11-9-18/h5-6,8-13,19H,2-4,7,14-16H2,1H3. The molecule has 4 heteroatoms. The minimum Gasteiger partial charge on any atom is -0.497 e. The predicted octanol–water partition coefficient (Wildman–Crippen LogP) is 4.56. The van der Waals surface area contributed by atoms with E-state index in [-0.39, 0.29) is 11.7 Å². The molecule has 0 radical (unpaired) electrons. The summed E-state index contributed by atoms with van der Waals surface area (Å²) < 4.78 is 18.3. The van der Waals surface area contributed by atoms with E-state index in [0.29, 0.717) is 12.3 Å². The highest BCUT2D eigenvalue weighted by molar-refractivity contribution is 5.76. The van der Waals surface area contributed by atoms with E-state index in [0.717, 1.165) is 55.6 Å². The number of hydrogen-bond acceptors (Lipinski definition) is 2. The van der Waals surface area contributed by atoms with Gasteiger partial charge in [0.15, 0.2) is 0 Å². The molecule has 0 N–H and O–H groups in total. The van der Waals surface area contributed by atoms with Gasteiger partial charge in [-0.05, 0) is 54.7 Å². The van der Waals surface area contributed by atoms with Crippen LogP contribution in [0.5, 0.6) is 5.75 Å². The molecule has 1 fully saturated rings. The Labute approximate surface area is 154 Å². The van der Waals surface area contributed by atoms with Crippen LogP contribution in [0, 0.1) is 5.82 Å². The second kappa shape index (κ2) is 8.84. The zero-order valence-corrected chi connectivity index (χ0v) is 15.3. The first-order chi connectivity index (χ1) is 12.7. The van der Waals surface area contributed by atoms with Crippen molar-refractivity contribution in [3.05, 3.63) is 65.5 Å². The topological polar surface area (TPSA) is 29.5 Å². The number of rotatable bonds is 5. The van der Waals surface area contributed by atoms with Crippen LogP contribution in [-0.4, -0.2) is 31.0 Å². The zero-order valence-electron chi connectivity index (χ0n) is 15.3. The van der Waals surface area contributed by atoms with E-state index >= 15 is 0 Å². The third kappa shape index (κ3) is 4.84. The van der Waals surface area contributed by atoms with E-state index in [1.165, 1.54) is 12.1 Å². The molecule has 0 aliphatic carbocycles. The number of aryl methyl sites for hydroxylation is 1. The number of hydrogen-bond donors (Lipinski definition) is 0. The number of likely N-dealkylation sites (tertiary alicyclic amines) is 1. The van der Waals surface area contributed by atoms with E-state index in [1.807, 2.05) is 41.3 Å². The predicted molar refractivity (Wildman–Crippen MR) is 101 cm³/mol. The number of halogens is 1. The number of nitrogens with zero attached hydrogens (tertiary/aromatic N) is 1. The molecule has 1 atom stereocenters. The second-order valence-electron chi connectivity index (χ2n) is 6.93. The fourth-order valence-corrected chi connectivity index (χ4v) is 3.58. The van der Waals surface area contributed by atoms with Crippen molar-refractivity contribution in [2.24, 2.45) is 0 Å². The molecule has 2 aromatic rings. The van der Waals surface area contributed by atoms with Crippen molar-refractivity contribution in [3.63, 3.8) is 0 Å². The Kier molecular flexibility index (Phi) is 6.26. The molecule has 0 bridgehead atoms. The average molecular weight is 355 g/mol. The first-order valence-corrected chi connectivity index (χ1v) is 9.32. The molecule has 1 saturated heterocycles. The Balaban J connectivity index is 1.59.